The minimum Gasteiger partial charge on any atom is -0.494 e. The van der Waals surface area contributed by atoms with Gasteiger partial charge in [-0.15, -0.1) is 0 Å². The third kappa shape index (κ3) is 3.58. The quantitative estimate of drug-likeness (QED) is 0.757. The third-order valence-corrected chi connectivity index (χ3v) is 2.89. The molecular formula is C16H15ClO2. The Morgan fingerprint density at radius 1 is 1.11 bits per heavy atom. The Kier molecular flexibility index (Phi) is 4.58. The first-order valence-corrected chi connectivity index (χ1v) is 6.61. The van der Waals surface area contributed by atoms with E-state index in [1.807, 2.05) is 19.1 Å². The van der Waals surface area contributed by atoms with Crippen LogP contribution in [0.3, 0.4) is 0 Å². The molecule has 0 N–H and O–H groups in total. The molecule has 0 saturated heterocycles. The van der Waals surface area contributed by atoms with Gasteiger partial charge in [-0.3, -0.25) is 4.79 Å². The predicted octanol–water partition coefficient (Wildman–Crippen LogP) is 4.36. The summed E-state index contributed by atoms with van der Waals surface area (Å²) < 4.78 is 5.53. The normalized spacial score (nSPS) is 10.2. The highest BCUT2D eigenvalue weighted by Gasteiger charge is 2.10. The summed E-state index contributed by atoms with van der Waals surface area (Å²) in [6.45, 7) is 2.69. The molecule has 0 aliphatic carbocycles. The highest BCUT2D eigenvalue weighted by Crippen LogP contribution is 2.18. The number of hydrogen-bond acceptors (Lipinski definition) is 2. The van der Waals surface area contributed by atoms with Crippen molar-refractivity contribution in [1.82, 2.24) is 0 Å². The van der Waals surface area contributed by atoms with Crippen LogP contribution in [-0.2, 0) is 0 Å². The van der Waals surface area contributed by atoms with E-state index in [9.17, 15) is 4.79 Å². The van der Waals surface area contributed by atoms with E-state index in [2.05, 4.69) is 0 Å². The van der Waals surface area contributed by atoms with E-state index in [4.69, 9.17) is 16.3 Å². The Labute approximate surface area is 118 Å². The molecule has 0 aliphatic rings. The smallest absolute Gasteiger partial charge is 0.193 e. The standard InChI is InChI=1S/C16H15ClO2/c1-2-9-19-15-8-4-6-13(11-15)16(18)12-5-3-7-14(17)10-12/h3-8,10-11H,2,9H2,1H3. The average Bonchev–Trinajstić information content (AvgIpc) is 2.44. The Morgan fingerprint density at radius 2 is 1.79 bits per heavy atom. The Morgan fingerprint density at radius 3 is 2.47 bits per heavy atom. The molecule has 2 aromatic carbocycles. The molecule has 0 spiro atoms. The molecule has 0 saturated carbocycles. The van der Waals surface area contributed by atoms with E-state index < -0.39 is 0 Å². The number of carbonyl (C=O) groups is 1. The van der Waals surface area contributed by atoms with Gasteiger partial charge in [-0.05, 0) is 30.7 Å². The summed E-state index contributed by atoms with van der Waals surface area (Å²) in [5.41, 5.74) is 1.19. The number of ether oxygens (including phenoxy) is 1. The Bertz CT molecular complexity index is 578. The second kappa shape index (κ2) is 6.39. The molecule has 0 radical (unpaired) electrons. The lowest BCUT2D eigenvalue weighted by Gasteiger charge is -2.06. The lowest BCUT2D eigenvalue weighted by Crippen LogP contribution is -2.02. The van der Waals surface area contributed by atoms with Gasteiger partial charge in [0.05, 0.1) is 6.61 Å². The van der Waals surface area contributed by atoms with Crippen molar-refractivity contribution in [2.45, 2.75) is 13.3 Å². The molecule has 2 nitrogen and oxygen atoms in total. The van der Waals surface area contributed by atoms with Gasteiger partial charge in [-0.25, -0.2) is 0 Å². The summed E-state index contributed by atoms with van der Waals surface area (Å²) in [6.07, 6.45) is 0.937. The molecule has 0 aliphatic heterocycles. The zero-order chi connectivity index (χ0) is 13.7. The van der Waals surface area contributed by atoms with Crippen molar-refractivity contribution in [2.75, 3.05) is 6.61 Å². The van der Waals surface area contributed by atoms with E-state index >= 15 is 0 Å². The molecule has 2 aromatic rings. The van der Waals surface area contributed by atoms with Crippen LogP contribution in [0.2, 0.25) is 5.02 Å². The molecule has 0 fully saturated rings. The SMILES string of the molecule is CCCOc1cccc(C(=O)c2cccc(Cl)c2)c1. The molecule has 3 heteroatoms. The maximum Gasteiger partial charge on any atom is 0.193 e. The molecule has 0 heterocycles. The molecule has 98 valence electrons. The van der Waals surface area contributed by atoms with Crippen LogP contribution in [0.5, 0.6) is 5.75 Å². The first-order chi connectivity index (χ1) is 9.20. The van der Waals surface area contributed by atoms with Crippen LogP contribution in [0.4, 0.5) is 0 Å². The van der Waals surface area contributed by atoms with Crippen LogP contribution in [-0.4, -0.2) is 12.4 Å². The Hall–Kier alpha value is -1.80. The number of halogens is 1. The highest BCUT2D eigenvalue weighted by atomic mass is 35.5. The van der Waals surface area contributed by atoms with Crippen LogP contribution in [0.1, 0.15) is 29.3 Å². The summed E-state index contributed by atoms with van der Waals surface area (Å²) in [5, 5.41) is 0.559. The van der Waals surface area contributed by atoms with Gasteiger partial charge in [0.1, 0.15) is 5.75 Å². The molecule has 2 rings (SSSR count). The van der Waals surface area contributed by atoms with E-state index in [1.165, 1.54) is 0 Å². The lowest BCUT2D eigenvalue weighted by atomic mass is 10.0. The summed E-state index contributed by atoms with van der Waals surface area (Å²) in [7, 11) is 0. The topological polar surface area (TPSA) is 26.3 Å². The fourth-order valence-electron chi connectivity index (χ4n) is 1.74. The van der Waals surface area contributed by atoms with Crippen molar-refractivity contribution in [3.05, 3.63) is 64.7 Å². The first-order valence-electron chi connectivity index (χ1n) is 6.24. The molecule has 19 heavy (non-hydrogen) atoms. The summed E-state index contributed by atoms with van der Waals surface area (Å²) in [6, 6.07) is 14.2. The number of benzene rings is 2. The minimum atomic E-state index is -0.0514. The van der Waals surface area contributed by atoms with Gasteiger partial charge >= 0.3 is 0 Å². The molecule has 0 aromatic heterocycles. The second-order valence-electron chi connectivity index (χ2n) is 4.22. The lowest BCUT2D eigenvalue weighted by molar-refractivity contribution is 0.103. The number of hydrogen-bond donors (Lipinski definition) is 0. The van der Waals surface area contributed by atoms with E-state index in [0.29, 0.717) is 22.8 Å². The zero-order valence-electron chi connectivity index (χ0n) is 10.7. The van der Waals surface area contributed by atoms with Gasteiger partial charge in [0, 0.05) is 16.1 Å². The van der Waals surface area contributed by atoms with Crippen molar-refractivity contribution in [3.8, 4) is 5.75 Å². The average molecular weight is 275 g/mol. The maximum atomic E-state index is 12.3. The van der Waals surface area contributed by atoms with Crippen molar-refractivity contribution in [1.29, 1.82) is 0 Å². The molecule has 0 bridgehead atoms. The van der Waals surface area contributed by atoms with Gasteiger partial charge in [-0.2, -0.15) is 0 Å². The summed E-state index contributed by atoms with van der Waals surface area (Å²) in [4.78, 5) is 12.3. The van der Waals surface area contributed by atoms with Crippen molar-refractivity contribution < 1.29 is 9.53 Å². The highest BCUT2D eigenvalue weighted by molar-refractivity contribution is 6.31. The molecule has 0 unspecified atom stereocenters. The van der Waals surface area contributed by atoms with Gasteiger partial charge in [0.25, 0.3) is 0 Å². The predicted molar refractivity (Wildman–Crippen MR) is 77.1 cm³/mol. The van der Waals surface area contributed by atoms with E-state index in [1.54, 1.807) is 36.4 Å². The fraction of sp³-hybridized carbons (Fsp3) is 0.188. The summed E-state index contributed by atoms with van der Waals surface area (Å²) in [5.74, 6) is 0.666. The number of rotatable bonds is 5. The molecule has 0 atom stereocenters. The second-order valence-corrected chi connectivity index (χ2v) is 4.65. The Balaban J connectivity index is 2.24. The number of carbonyl (C=O) groups excluding carboxylic acids is 1. The molecular weight excluding hydrogens is 260 g/mol. The maximum absolute atomic E-state index is 12.3. The van der Waals surface area contributed by atoms with Gasteiger partial charge in [0.2, 0.25) is 0 Å². The first kappa shape index (κ1) is 13.6. The van der Waals surface area contributed by atoms with E-state index in [0.717, 1.165) is 12.2 Å². The van der Waals surface area contributed by atoms with Gasteiger partial charge in [-0.1, -0.05) is 42.8 Å². The van der Waals surface area contributed by atoms with Crippen molar-refractivity contribution >= 4 is 17.4 Å². The summed E-state index contributed by atoms with van der Waals surface area (Å²) >= 11 is 5.90. The van der Waals surface area contributed by atoms with Crippen LogP contribution in [0.15, 0.2) is 48.5 Å². The molecule has 0 amide bonds. The van der Waals surface area contributed by atoms with Gasteiger partial charge in [0.15, 0.2) is 5.78 Å². The van der Waals surface area contributed by atoms with Crippen LogP contribution >= 0.6 is 11.6 Å². The minimum absolute atomic E-state index is 0.0514. The van der Waals surface area contributed by atoms with Crippen molar-refractivity contribution in [3.63, 3.8) is 0 Å². The fourth-order valence-corrected chi connectivity index (χ4v) is 1.93. The third-order valence-electron chi connectivity index (χ3n) is 2.66. The number of ketones is 1. The zero-order valence-corrected chi connectivity index (χ0v) is 11.5. The van der Waals surface area contributed by atoms with Gasteiger partial charge < -0.3 is 4.74 Å². The van der Waals surface area contributed by atoms with Crippen LogP contribution < -0.4 is 4.74 Å². The van der Waals surface area contributed by atoms with E-state index in [-0.39, 0.29) is 5.78 Å². The monoisotopic (exact) mass is 274 g/mol. The van der Waals surface area contributed by atoms with Crippen LogP contribution in [0, 0.1) is 0 Å². The van der Waals surface area contributed by atoms with Crippen molar-refractivity contribution in [2.24, 2.45) is 0 Å². The largest absolute Gasteiger partial charge is 0.494 e. The van der Waals surface area contributed by atoms with Crippen LogP contribution in [0.25, 0.3) is 0 Å².